The number of benzene rings is 5. The minimum atomic E-state index is -1.17. The number of carbonyl (C=O) groups excluding carboxylic acids is 1. The maximum absolute atomic E-state index is 14.0. The Morgan fingerprint density at radius 2 is 1.14 bits per heavy atom. The lowest BCUT2D eigenvalue weighted by Gasteiger charge is -2.33. The predicted molar refractivity (Wildman–Crippen MR) is 176 cm³/mol. The molecule has 0 amide bonds. The fourth-order valence-corrected chi connectivity index (χ4v) is 7.52. The predicted octanol–water partition coefficient (Wildman–Crippen LogP) is 8.47. The van der Waals surface area contributed by atoms with Crippen LogP contribution in [0.25, 0.3) is 43.6 Å². The first-order chi connectivity index (χ1) is 21.0. The van der Waals surface area contributed by atoms with Gasteiger partial charge in [-0.25, -0.2) is 4.79 Å². The van der Waals surface area contributed by atoms with Crippen LogP contribution in [-0.4, -0.2) is 29.2 Å². The van der Waals surface area contributed by atoms with Crippen molar-refractivity contribution in [2.24, 2.45) is 0 Å². The molecule has 0 atom stereocenters. The summed E-state index contributed by atoms with van der Waals surface area (Å²) in [5.74, 6) is -0.298. The molecule has 0 N–H and O–H groups in total. The Morgan fingerprint density at radius 1 is 0.628 bits per heavy atom. The lowest BCUT2D eigenvalue weighted by Crippen LogP contribution is -2.31. The molecule has 0 aliphatic carbocycles. The fraction of sp³-hybridized carbons (Fsp3) is 0.184. The highest BCUT2D eigenvalue weighted by atomic mass is 16.6. The maximum Gasteiger partial charge on any atom is 0.340 e. The van der Waals surface area contributed by atoms with Crippen molar-refractivity contribution in [3.63, 3.8) is 0 Å². The molecule has 2 aromatic heterocycles. The number of aromatic nitrogens is 2. The van der Waals surface area contributed by atoms with Crippen LogP contribution in [0.5, 0.6) is 0 Å². The minimum Gasteiger partial charge on any atom is -0.440 e. The summed E-state index contributed by atoms with van der Waals surface area (Å²) in [6.45, 7) is 5.94. The molecule has 1 aliphatic heterocycles. The number of fused-ring (bicyclic) bond motifs is 7. The highest BCUT2D eigenvalue weighted by Crippen LogP contribution is 2.53. The van der Waals surface area contributed by atoms with Gasteiger partial charge in [-0.3, -0.25) is 0 Å². The number of anilines is 1. The molecule has 43 heavy (non-hydrogen) atoms. The van der Waals surface area contributed by atoms with Gasteiger partial charge in [0.25, 0.3) is 0 Å². The molecule has 5 aromatic carbocycles. The second kappa shape index (κ2) is 9.23. The van der Waals surface area contributed by atoms with Crippen LogP contribution in [0.2, 0.25) is 0 Å². The quantitative estimate of drug-likeness (QED) is 0.197. The smallest absolute Gasteiger partial charge is 0.340 e. The largest absolute Gasteiger partial charge is 0.440 e. The summed E-state index contributed by atoms with van der Waals surface area (Å²) in [7, 11) is 4.07. The molecule has 7 aromatic rings. The third kappa shape index (κ3) is 3.30. The SMILES string of the molecule is CCn1c2ccccc2c2cccc(C3(c4cccc5c6ccccc6n(CC)c45)OC(=O)c4ccc(N(C)C)cc43)c21. The van der Waals surface area contributed by atoms with E-state index in [2.05, 4.69) is 119 Å². The van der Waals surface area contributed by atoms with E-state index in [1.807, 2.05) is 26.2 Å². The minimum absolute atomic E-state index is 0.298. The normalized spacial score (nSPS) is 14.2. The van der Waals surface area contributed by atoms with Gasteiger partial charge in [0.05, 0.1) is 16.6 Å². The van der Waals surface area contributed by atoms with Crippen LogP contribution >= 0.6 is 0 Å². The van der Waals surface area contributed by atoms with Crippen molar-refractivity contribution in [3.05, 3.63) is 125 Å². The molecule has 5 heteroatoms. The van der Waals surface area contributed by atoms with Crippen molar-refractivity contribution in [2.75, 3.05) is 19.0 Å². The Kier molecular flexibility index (Phi) is 5.51. The van der Waals surface area contributed by atoms with E-state index in [0.29, 0.717) is 5.56 Å². The zero-order valence-electron chi connectivity index (χ0n) is 24.9. The second-order valence-electron chi connectivity index (χ2n) is 11.6. The molecule has 0 fully saturated rings. The van der Waals surface area contributed by atoms with Gasteiger partial charge in [0.1, 0.15) is 0 Å². The number of hydrogen-bond donors (Lipinski definition) is 0. The van der Waals surface area contributed by atoms with Gasteiger partial charge in [0.15, 0.2) is 5.60 Å². The zero-order valence-corrected chi connectivity index (χ0v) is 24.9. The number of nitrogens with zero attached hydrogens (tertiary/aromatic N) is 3. The third-order valence-corrected chi connectivity index (χ3v) is 9.34. The molecule has 212 valence electrons. The van der Waals surface area contributed by atoms with Gasteiger partial charge in [-0.1, -0.05) is 72.8 Å². The van der Waals surface area contributed by atoms with Gasteiger partial charge < -0.3 is 18.8 Å². The molecular formula is C38H33N3O2. The Balaban J connectivity index is 1.61. The van der Waals surface area contributed by atoms with E-state index < -0.39 is 5.60 Å². The van der Waals surface area contributed by atoms with Crippen LogP contribution < -0.4 is 4.90 Å². The number of hydrogen-bond acceptors (Lipinski definition) is 3. The van der Waals surface area contributed by atoms with Crippen molar-refractivity contribution < 1.29 is 9.53 Å². The summed E-state index contributed by atoms with van der Waals surface area (Å²) in [5, 5.41) is 4.71. The molecule has 0 saturated heterocycles. The first-order valence-electron chi connectivity index (χ1n) is 15.1. The monoisotopic (exact) mass is 563 g/mol. The van der Waals surface area contributed by atoms with Crippen LogP contribution in [0.1, 0.15) is 40.9 Å². The summed E-state index contributed by atoms with van der Waals surface area (Å²) < 4.78 is 11.6. The van der Waals surface area contributed by atoms with Crippen molar-refractivity contribution in [3.8, 4) is 0 Å². The first kappa shape index (κ1) is 25.7. The number of ether oxygens (including phenoxy) is 1. The average molecular weight is 564 g/mol. The van der Waals surface area contributed by atoms with Gasteiger partial charge >= 0.3 is 5.97 Å². The van der Waals surface area contributed by atoms with E-state index in [1.165, 1.54) is 21.8 Å². The average Bonchev–Trinajstić information content (AvgIpc) is 3.66. The second-order valence-corrected chi connectivity index (χ2v) is 11.6. The molecule has 0 bridgehead atoms. The van der Waals surface area contributed by atoms with Crippen molar-refractivity contribution in [1.29, 1.82) is 0 Å². The van der Waals surface area contributed by atoms with Gasteiger partial charge in [-0.15, -0.1) is 0 Å². The molecule has 3 heterocycles. The fourth-order valence-electron chi connectivity index (χ4n) is 7.52. The number of para-hydroxylation sites is 4. The summed E-state index contributed by atoms with van der Waals surface area (Å²) in [4.78, 5) is 16.1. The molecule has 5 nitrogen and oxygen atoms in total. The van der Waals surface area contributed by atoms with Crippen LogP contribution in [0.4, 0.5) is 5.69 Å². The Bertz CT molecular complexity index is 2130. The van der Waals surface area contributed by atoms with Gasteiger partial charge in [0.2, 0.25) is 0 Å². The molecule has 0 unspecified atom stereocenters. The van der Waals surface area contributed by atoms with E-state index in [4.69, 9.17) is 4.74 Å². The number of carbonyl (C=O) groups is 1. The van der Waals surface area contributed by atoms with E-state index in [0.717, 1.165) is 57.3 Å². The lowest BCUT2D eigenvalue weighted by molar-refractivity contribution is 0.0258. The Labute approximate surface area is 250 Å². The van der Waals surface area contributed by atoms with Crippen LogP contribution in [0, 0.1) is 0 Å². The number of aryl methyl sites for hydroxylation is 2. The van der Waals surface area contributed by atoms with Crippen LogP contribution in [0.15, 0.2) is 103 Å². The van der Waals surface area contributed by atoms with Crippen LogP contribution in [0.3, 0.4) is 0 Å². The third-order valence-electron chi connectivity index (χ3n) is 9.34. The molecule has 0 spiro atoms. The topological polar surface area (TPSA) is 39.4 Å². The van der Waals surface area contributed by atoms with E-state index in [1.54, 1.807) is 0 Å². The van der Waals surface area contributed by atoms with E-state index in [9.17, 15) is 4.79 Å². The lowest BCUT2D eigenvalue weighted by atomic mass is 9.78. The van der Waals surface area contributed by atoms with Gasteiger partial charge in [-0.2, -0.15) is 0 Å². The van der Waals surface area contributed by atoms with E-state index >= 15 is 0 Å². The Hall–Kier alpha value is -5.03. The first-order valence-corrected chi connectivity index (χ1v) is 15.1. The van der Waals surface area contributed by atoms with Gasteiger partial charge in [-0.05, 0) is 44.2 Å². The summed E-state index contributed by atoms with van der Waals surface area (Å²) in [5.41, 5.74) is 7.84. The molecule has 0 saturated carbocycles. The van der Waals surface area contributed by atoms with Crippen molar-refractivity contribution >= 4 is 55.3 Å². The summed E-state index contributed by atoms with van der Waals surface area (Å²) in [6.07, 6.45) is 0. The number of rotatable bonds is 5. The zero-order chi connectivity index (χ0) is 29.5. The highest BCUT2D eigenvalue weighted by Gasteiger charge is 2.51. The van der Waals surface area contributed by atoms with E-state index in [-0.39, 0.29) is 5.97 Å². The maximum atomic E-state index is 14.0. The summed E-state index contributed by atoms with van der Waals surface area (Å²) in [6, 6.07) is 36.2. The number of esters is 1. The molecule has 1 aliphatic rings. The Morgan fingerprint density at radius 3 is 1.65 bits per heavy atom. The number of cyclic esters (lactones) is 1. The molecule has 8 rings (SSSR count). The van der Waals surface area contributed by atoms with Crippen LogP contribution in [-0.2, 0) is 23.4 Å². The summed E-state index contributed by atoms with van der Waals surface area (Å²) >= 11 is 0. The van der Waals surface area contributed by atoms with Crippen molar-refractivity contribution in [1.82, 2.24) is 9.13 Å². The molecular weight excluding hydrogens is 530 g/mol. The van der Waals surface area contributed by atoms with Gasteiger partial charge in [0, 0.05) is 82.1 Å². The standard InChI is InChI=1S/C38H33N3O2/c1-5-40-33-19-9-7-13-25(33)27-15-11-17-30(35(27)40)38(32-23-24(39(3)4)21-22-29(32)37(42)43-38)31-18-12-16-28-26-14-8-10-20-34(26)41(6-2)36(28)31/h7-23H,5-6H2,1-4H3. The van der Waals surface area contributed by atoms with Crippen molar-refractivity contribution in [2.45, 2.75) is 32.5 Å². The molecule has 0 radical (unpaired) electrons. The highest BCUT2D eigenvalue weighted by molar-refractivity contribution is 6.12.